The lowest BCUT2D eigenvalue weighted by Gasteiger charge is -2.25. The van der Waals surface area contributed by atoms with Crippen molar-refractivity contribution in [3.05, 3.63) is 0 Å². The van der Waals surface area contributed by atoms with Crippen LogP contribution in [0.4, 0.5) is 0 Å². The highest BCUT2D eigenvalue weighted by Crippen LogP contribution is 2.30. The number of hydrogen-bond acceptors (Lipinski definition) is 3. The van der Waals surface area contributed by atoms with Crippen LogP contribution in [0.1, 0.15) is 39.0 Å². The Hall–Kier alpha value is -0.0900. The Bertz CT molecular complexity index is 326. The smallest absolute Gasteiger partial charge is 0.151 e. The van der Waals surface area contributed by atoms with E-state index in [1.807, 2.05) is 0 Å². The van der Waals surface area contributed by atoms with E-state index in [0.29, 0.717) is 11.5 Å². The van der Waals surface area contributed by atoms with Crippen LogP contribution < -0.4 is 5.32 Å². The summed E-state index contributed by atoms with van der Waals surface area (Å²) in [4.78, 5) is 0. The summed E-state index contributed by atoms with van der Waals surface area (Å²) < 4.78 is 23.0. The fourth-order valence-electron chi connectivity index (χ4n) is 3.03. The number of nitrogens with one attached hydrogen (secondary N) is 1. The monoisotopic (exact) mass is 245 g/mol. The maximum Gasteiger partial charge on any atom is 0.151 e. The van der Waals surface area contributed by atoms with E-state index >= 15 is 0 Å². The molecule has 4 heteroatoms. The van der Waals surface area contributed by atoms with Crippen molar-refractivity contribution in [3.8, 4) is 0 Å². The van der Waals surface area contributed by atoms with Crippen molar-refractivity contribution in [2.75, 3.05) is 18.1 Å². The van der Waals surface area contributed by atoms with Gasteiger partial charge in [0, 0.05) is 6.04 Å². The van der Waals surface area contributed by atoms with Crippen LogP contribution in [0.3, 0.4) is 0 Å². The van der Waals surface area contributed by atoms with Crippen LogP contribution in [-0.2, 0) is 9.84 Å². The summed E-state index contributed by atoms with van der Waals surface area (Å²) in [6.07, 6.45) is 5.86. The Kier molecular flexibility index (Phi) is 3.90. The van der Waals surface area contributed by atoms with Crippen molar-refractivity contribution in [1.29, 1.82) is 0 Å². The third-order valence-electron chi connectivity index (χ3n) is 4.17. The molecule has 3 nitrogen and oxygen atoms in total. The summed E-state index contributed by atoms with van der Waals surface area (Å²) in [7, 11) is -2.75. The molecule has 1 aliphatic heterocycles. The molecule has 1 aliphatic carbocycles. The maximum atomic E-state index is 11.5. The standard InChI is InChI=1S/C12H23NO2S/c1-10-4-2-5-11(10)8-13-12-6-3-7-16(14,15)9-12/h10-13H,2-9H2,1H3. The van der Waals surface area contributed by atoms with E-state index in [1.54, 1.807) is 0 Å². The van der Waals surface area contributed by atoms with Crippen molar-refractivity contribution in [3.63, 3.8) is 0 Å². The van der Waals surface area contributed by atoms with Gasteiger partial charge in [-0.3, -0.25) is 0 Å². The van der Waals surface area contributed by atoms with Gasteiger partial charge in [0.1, 0.15) is 0 Å². The minimum absolute atomic E-state index is 0.214. The van der Waals surface area contributed by atoms with Crippen molar-refractivity contribution in [2.45, 2.75) is 45.1 Å². The summed E-state index contributed by atoms with van der Waals surface area (Å²) in [5, 5.41) is 3.47. The summed E-state index contributed by atoms with van der Waals surface area (Å²) in [6, 6.07) is 0.214. The van der Waals surface area contributed by atoms with Gasteiger partial charge in [0.05, 0.1) is 11.5 Å². The molecular weight excluding hydrogens is 222 g/mol. The average Bonchev–Trinajstić information content (AvgIpc) is 2.60. The van der Waals surface area contributed by atoms with Gasteiger partial charge in [0.2, 0.25) is 0 Å². The summed E-state index contributed by atoms with van der Waals surface area (Å²) in [5.41, 5.74) is 0. The predicted octanol–water partition coefficient (Wildman–Crippen LogP) is 1.59. The molecular formula is C12H23NO2S. The molecule has 2 fully saturated rings. The number of sulfone groups is 1. The van der Waals surface area contributed by atoms with Gasteiger partial charge in [0.15, 0.2) is 9.84 Å². The Labute approximate surface area is 98.9 Å². The van der Waals surface area contributed by atoms with E-state index in [4.69, 9.17) is 0 Å². The van der Waals surface area contributed by atoms with Gasteiger partial charge in [-0.2, -0.15) is 0 Å². The van der Waals surface area contributed by atoms with E-state index in [9.17, 15) is 8.42 Å². The second-order valence-corrected chi connectivity index (χ2v) is 7.76. The summed E-state index contributed by atoms with van der Waals surface area (Å²) in [6.45, 7) is 3.33. The van der Waals surface area contributed by atoms with Crippen LogP contribution in [0.5, 0.6) is 0 Å². The van der Waals surface area contributed by atoms with Crippen LogP contribution in [-0.4, -0.2) is 32.5 Å². The molecule has 0 aromatic rings. The van der Waals surface area contributed by atoms with Crippen molar-refractivity contribution >= 4 is 9.84 Å². The normalized spacial score (nSPS) is 38.7. The largest absolute Gasteiger partial charge is 0.313 e. The van der Waals surface area contributed by atoms with E-state index in [-0.39, 0.29) is 6.04 Å². The van der Waals surface area contributed by atoms with Crippen LogP contribution >= 0.6 is 0 Å². The highest BCUT2D eigenvalue weighted by Gasteiger charge is 2.27. The molecule has 3 unspecified atom stereocenters. The minimum Gasteiger partial charge on any atom is -0.313 e. The van der Waals surface area contributed by atoms with E-state index in [0.717, 1.165) is 31.2 Å². The van der Waals surface area contributed by atoms with Gasteiger partial charge in [-0.15, -0.1) is 0 Å². The Morgan fingerprint density at radius 1 is 1.19 bits per heavy atom. The minimum atomic E-state index is -2.75. The molecule has 16 heavy (non-hydrogen) atoms. The number of rotatable bonds is 3. The van der Waals surface area contributed by atoms with Gasteiger partial charge in [0.25, 0.3) is 0 Å². The van der Waals surface area contributed by atoms with Gasteiger partial charge in [-0.1, -0.05) is 19.8 Å². The SMILES string of the molecule is CC1CCCC1CNC1CCCS(=O)(=O)C1. The van der Waals surface area contributed by atoms with E-state index in [1.165, 1.54) is 19.3 Å². The molecule has 1 heterocycles. The molecule has 0 aromatic heterocycles. The fourth-order valence-corrected chi connectivity index (χ4v) is 4.70. The third kappa shape index (κ3) is 3.20. The average molecular weight is 245 g/mol. The Morgan fingerprint density at radius 3 is 2.62 bits per heavy atom. The van der Waals surface area contributed by atoms with Crippen molar-refractivity contribution in [1.82, 2.24) is 5.32 Å². The van der Waals surface area contributed by atoms with Gasteiger partial charge < -0.3 is 5.32 Å². The first-order valence-electron chi connectivity index (χ1n) is 6.50. The fraction of sp³-hybridized carbons (Fsp3) is 1.00. The van der Waals surface area contributed by atoms with Crippen LogP contribution in [0.15, 0.2) is 0 Å². The van der Waals surface area contributed by atoms with Crippen molar-refractivity contribution < 1.29 is 8.42 Å². The molecule has 0 spiro atoms. The highest BCUT2D eigenvalue weighted by molar-refractivity contribution is 7.91. The first kappa shape index (κ1) is 12.4. The topological polar surface area (TPSA) is 46.2 Å². The molecule has 1 N–H and O–H groups in total. The van der Waals surface area contributed by atoms with E-state index < -0.39 is 9.84 Å². The lowest BCUT2D eigenvalue weighted by atomic mass is 9.98. The van der Waals surface area contributed by atoms with Gasteiger partial charge in [-0.25, -0.2) is 8.42 Å². The zero-order valence-corrected chi connectivity index (χ0v) is 10.9. The Balaban J connectivity index is 1.77. The zero-order chi connectivity index (χ0) is 11.6. The molecule has 94 valence electrons. The van der Waals surface area contributed by atoms with Crippen LogP contribution in [0.25, 0.3) is 0 Å². The first-order chi connectivity index (χ1) is 7.57. The maximum absolute atomic E-state index is 11.5. The highest BCUT2D eigenvalue weighted by atomic mass is 32.2. The van der Waals surface area contributed by atoms with E-state index in [2.05, 4.69) is 12.2 Å². The Morgan fingerprint density at radius 2 is 2.00 bits per heavy atom. The molecule has 0 radical (unpaired) electrons. The second-order valence-electron chi connectivity index (χ2n) is 5.53. The molecule has 2 aliphatic rings. The number of hydrogen-bond donors (Lipinski definition) is 1. The van der Waals surface area contributed by atoms with Crippen LogP contribution in [0, 0.1) is 11.8 Å². The predicted molar refractivity (Wildman–Crippen MR) is 66.2 cm³/mol. The van der Waals surface area contributed by atoms with Crippen molar-refractivity contribution in [2.24, 2.45) is 11.8 Å². The van der Waals surface area contributed by atoms with Gasteiger partial charge >= 0.3 is 0 Å². The molecule has 2 rings (SSSR count). The first-order valence-corrected chi connectivity index (χ1v) is 8.33. The molecule has 0 aromatic carbocycles. The summed E-state index contributed by atoms with van der Waals surface area (Å²) >= 11 is 0. The second kappa shape index (κ2) is 5.05. The van der Waals surface area contributed by atoms with Gasteiger partial charge in [-0.05, 0) is 37.6 Å². The third-order valence-corrected chi connectivity index (χ3v) is 5.99. The summed E-state index contributed by atoms with van der Waals surface area (Å²) in [5.74, 6) is 2.33. The lowest BCUT2D eigenvalue weighted by Crippen LogP contribution is -2.42. The molecule has 0 bridgehead atoms. The zero-order valence-electron chi connectivity index (χ0n) is 10.1. The lowest BCUT2D eigenvalue weighted by molar-refractivity contribution is 0.363. The molecule has 0 amide bonds. The van der Waals surface area contributed by atoms with Crippen LogP contribution in [0.2, 0.25) is 0 Å². The molecule has 3 atom stereocenters. The molecule has 1 saturated heterocycles. The molecule has 1 saturated carbocycles. The quantitative estimate of drug-likeness (QED) is 0.821.